The number of amides is 1. The Balaban J connectivity index is 2.22. The summed E-state index contributed by atoms with van der Waals surface area (Å²) < 4.78 is 0. The Bertz CT molecular complexity index is 525. The highest BCUT2D eigenvalue weighted by Crippen LogP contribution is 2.21. The minimum Gasteiger partial charge on any atom is -0.398 e. The molecule has 0 aromatic heterocycles. The summed E-state index contributed by atoms with van der Waals surface area (Å²) in [6, 6.07) is 4.24. The van der Waals surface area contributed by atoms with E-state index in [0.717, 1.165) is 6.42 Å². The first-order valence-electron chi connectivity index (χ1n) is 5.59. The van der Waals surface area contributed by atoms with Crippen LogP contribution in [-0.2, 0) is 4.79 Å². The summed E-state index contributed by atoms with van der Waals surface area (Å²) in [6.45, 7) is 0.685. The van der Waals surface area contributed by atoms with Gasteiger partial charge in [-0.3, -0.25) is 14.9 Å². The number of nitrogens with zero attached hydrogens (tertiary/aromatic N) is 2. The molecular weight excluding hydrogens is 234 g/mol. The number of nitrogens with two attached hydrogens (primary N) is 1. The van der Waals surface area contributed by atoms with Gasteiger partial charge in [-0.15, -0.1) is 0 Å². The molecule has 6 nitrogen and oxygen atoms in total. The summed E-state index contributed by atoms with van der Waals surface area (Å²) in [5.41, 5.74) is 6.71. The Hall–Kier alpha value is -2.37. The number of anilines is 1. The maximum absolute atomic E-state index is 11.4. The number of benzene rings is 1. The lowest BCUT2D eigenvalue weighted by atomic mass is 10.1. The van der Waals surface area contributed by atoms with Crippen molar-refractivity contribution in [1.29, 1.82) is 0 Å². The number of nitro groups is 1. The summed E-state index contributed by atoms with van der Waals surface area (Å²) in [5, 5.41) is 10.7. The van der Waals surface area contributed by atoms with Gasteiger partial charge in [0.25, 0.3) is 5.69 Å². The maximum atomic E-state index is 11.4. The van der Waals surface area contributed by atoms with Crippen LogP contribution in [0.1, 0.15) is 18.4 Å². The molecule has 0 aliphatic carbocycles. The van der Waals surface area contributed by atoms with Crippen LogP contribution in [0, 0.1) is 10.1 Å². The van der Waals surface area contributed by atoms with E-state index in [-0.39, 0.29) is 11.6 Å². The van der Waals surface area contributed by atoms with Crippen molar-refractivity contribution < 1.29 is 9.72 Å². The third kappa shape index (κ3) is 2.48. The molecule has 2 rings (SSSR count). The lowest BCUT2D eigenvalue weighted by Gasteiger charge is -2.08. The van der Waals surface area contributed by atoms with Crippen molar-refractivity contribution >= 4 is 23.4 Å². The smallest absolute Gasteiger partial charge is 0.270 e. The molecule has 18 heavy (non-hydrogen) atoms. The molecule has 1 aromatic rings. The first-order valence-corrected chi connectivity index (χ1v) is 5.59. The summed E-state index contributed by atoms with van der Waals surface area (Å²) in [4.78, 5) is 23.2. The third-order valence-electron chi connectivity index (χ3n) is 2.83. The topological polar surface area (TPSA) is 89.5 Å². The number of rotatable bonds is 3. The second-order valence-electron chi connectivity index (χ2n) is 4.08. The van der Waals surface area contributed by atoms with Crippen LogP contribution in [0.15, 0.2) is 24.4 Å². The molecule has 1 heterocycles. The third-order valence-corrected chi connectivity index (χ3v) is 2.83. The SMILES string of the molecule is Nc1ccc([N+](=O)[O-])cc1/C=C/N1CCCC1=O. The van der Waals surface area contributed by atoms with E-state index in [2.05, 4.69) is 0 Å². The van der Waals surface area contributed by atoms with Crippen molar-refractivity contribution in [2.24, 2.45) is 0 Å². The van der Waals surface area contributed by atoms with Gasteiger partial charge in [0.1, 0.15) is 0 Å². The minimum absolute atomic E-state index is 0.0170. The maximum Gasteiger partial charge on any atom is 0.270 e. The van der Waals surface area contributed by atoms with Crippen LogP contribution in [-0.4, -0.2) is 22.3 Å². The summed E-state index contributed by atoms with van der Waals surface area (Å²) >= 11 is 0. The van der Waals surface area contributed by atoms with E-state index in [1.807, 2.05) is 0 Å². The van der Waals surface area contributed by atoms with E-state index in [1.54, 1.807) is 17.2 Å². The largest absolute Gasteiger partial charge is 0.398 e. The molecule has 1 aromatic carbocycles. The van der Waals surface area contributed by atoms with Gasteiger partial charge in [0.2, 0.25) is 5.91 Å². The minimum atomic E-state index is -0.474. The van der Waals surface area contributed by atoms with E-state index in [1.165, 1.54) is 18.2 Å². The van der Waals surface area contributed by atoms with Gasteiger partial charge in [-0.1, -0.05) is 0 Å². The first kappa shape index (κ1) is 12.1. The van der Waals surface area contributed by atoms with Crippen LogP contribution in [0.2, 0.25) is 0 Å². The van der Waals surface area contributed by atoms with Crippen LogP contribution in [0.4, 0.5) is 11.4 Å². The Morgan fingerprint density at radius 2 is 2.22 bits per heavy atom. The van der Waals surface area contributed by atoms with Crippen molar-refractivity contribution in [3.05, 3.63) is 40.1 Å². The van der Waals surface area contributed by atoms with Crippen LogP contribution < -0.4 is 5.73 Å². The van der Waals surface area contributed by atoms with E-state index < -0.39 is 4.92 Å². The fraction of sp³-hybridized carbons (Fsp3) is 0.250. The molecule has 6 heteroatoms. The second-order valence-corrected chi connectivity index (χ2v) is 4.08. The second kappa shape index (κ2) is 4.87. The number of likely N-dealkylation sites (tertiary alicyclic amines) is 1. The summed E-state index contributed by atoms with van der Waals surface area (Å²) in [7, 11) is 0. The average Bonchev–Trinajstić information content (AvgIpc) is 2.73. The lowest BCUT2D eigenvalue weighted by molar-refractivity contribution is -0.384. The number of carbonyl (C=O) groups is 1. The zero-order chi connectivity index (χ0) is 13.1. The van der Waals surface area contributed by atoms with Gasteiger partial charge in [0.05, 0.1) is 4.92 Å². The molecule has 0 atom stereocenters. The Labute approximate surface area is 104 Å². The normalized spacial score (nSPS) is 15.6. The molecule has 2 N–H and O–H groups in total. The fourth-order valence-corrected chi connectivity index (χ4v) is 1.82. The standard InChI is InChI=1S/C12H13N3O3/c13-11-4-3-10(15(17)18)8-9(11)5-7-14-6-1-2-12(14)16/h3-5,7-8H,1-2,6,13H2/b7-5+. The van der Waals surface area contributed by atoms with Crippen molar-refractivity contribution in [2.45, 2.75) is 12.8 Å². The Kier molecular flexibility index (Phi) is 3.27. The molecule has 1 fully saturated rings. The predicted molar refractivity (Wildman–Crippen MR) is 67.5 cm³/mol. The van der Waals surface area contributed by atoms with Crippen molar-refractivity contribution in [3.8, 4) is 0 Å². The molecule has 1 saturated heterocycles. The Morgan fingerprint density at radius 1 is 1.44 bits per heavy atom. The van der Waals surface area contributed by atoms with E-state index in [4.69, 9.17) is 5.73 Å². The summed E-state index contributed by atoms with van der Waals surface area (Å²) in [6.07, 6.45) is 4.65. The Morgan fingerprint density at radius 3 is 2.83 bits per heavy atom. The molecular formula is C12H13N3O3. The molecule has 0 bridgehead atoms. The molecule has 0 unspecified atom stereocenters. The van der Waals surface area contributed by atoms with Gasteiger partial charge in [0.15, 0.2) is 0 Å². The van der Waals surface area contributed by atoms with Crippen LogP contribution >= 0.6 is 0 Å². The summed E-state index contributed by atoms with van der Waals surface area (Å²) in [5.74, 6) is 0.0650. The average molecular weight is 247 g/mol. The number of nitrogen functional groups attached to an aromatic ring is 1. The lowest BCUT2D eigenvalue weighted by Crippen LogP contribution is -2.17. The van der Waals surface area contributed by atoms with Crippen LogP contribution in [0.25, 0.3) is 6.08 Å². The highest BCUT2D eigenvalue weighted by atomic mass is 16.6. The van der Waals surface area contributed by atoms with E-state index in [0.29, 0.717) is 24.2 Å². The van der Waals surface area contributed by atoms with E-state index >= 15 is 0 Å². The molecule has 1 aliphatic heterocycles. The highest BCUT2D eigenvalue weighted by molar-refractivity contribution is 5.80. The molecule has 0 radical (unpaired) electrons. The number of hydrogen-bond acceptors (Lipinski definition) is 4. The number of carbonyl (C=O) groups excluding carboxylic acids is 1. The van der Waals surface area contributed by atoms with Gasteiger partial charge < -0.3 is 10.6 Å². The van der Waals surface area contributed by atoms with Crippen molar-refractivity contribution in [1.82, 2.24) is 4.90 Å². The molecule has 0 saturated carbocycles. The quantitative estimate of drug-likeness (QED) is 0.500. The van der Waals surface area contributed by atoms with Gasteiger partial charge in [-0.25, -0.2) is 0 Å². The highest BCUT2D eigenvalue weighted by Gasteiger charge is 2.17. The molecule has 1 amide bonds. The zero-order valence-electron chi connectivity index (χ0n) is 9.70. The predicted octanol–water partition coefficient (Wildman–Crippen LogP) is 1.77. The van der Waals surface area contributed by atoms with Crippen LogP contribution in [0.5, 0.6) is 0 Å². The first-order chi connectivity index (χ1) is 8.58. The van der Waals surface area contributed by atoms with Crippen molar-refractivity contribution in [2.75, 3.05) is 12.3 Å². The monoisotopic (exact) mass is 247 g/mol. The van der Waals surface area contributed by atoms with Crippen molar-refractivity contribution in [3.63, 3.8) is 0 Å². The molecule has 1 aliphatic rings. The number of hydrogen-bond donors (Lipinski definition) is 1. The van der Waals surface area contributed by atoms with E-state index in [9.17, 15) is 14.9 Å². The van der Waals surface area contributed by atoms with Gasteiger partial charge in [0, 0.05) is 42.5 Å². The zero-order valence-corrected chi connectivity index (χ0v) is 9.70. The fourth-order valence-electron chi connectivity index (χ4n) is 1.82. The molecule has 94 valence electrons. The number of nitro benzene ring substituents is 1. The van der Waals surface area contributed by atoms with Gasteiger partial charge in [-0.2, -0.15) is 0 Å². The van der Waals surface area contributed by atoms with Crippen LogP contribution in [0.3, 0.4) is 0 Å². The number of non-ortho nitro benzene ring substituents is 1. The van der Waals surface area contributed by atoms with Gasteiger partial charge >= 0.3 is 0 Å². The van der Waals surface area contributed by atoms with Gasteiger partial charge in [-0.05, 0) is 18.6 Å². The molecule has 0 spiro atoms.